The number of benzene rings is 1. The first-order valence-electron chi connectivity index (χ1n) is 10.5. The summed E-state index contributed by atoms with van der Waals surface area (Å²) in [5.74, 6) is -0.182. The molecule has 1 aromatic heterocycles. The molecule has 0 radical (unpaired) electrons. The van der Waals surface area contributed by atoms with Gasteiger partial charge in [0.2, 0.25) is 0 Å². The number of carbonyl (C=O) groups is 1. The Bertz CT molecular complexity index is 800. The highest BCUT2D eigenvalue weighted by molar-refractivity contribution is 5.77. The van der Waals surface area contributed by atoms with Crippen LogP contribution in [0.2, 0.25) is 0 Å². The summed E-state index contributed by atoms with van der Waals surface area (Å²) in [5.41, 5.74) is 1.88. The number of carbonyl (C=O) groups excluding carboxylic acids is 1. The summed E-state index contributed by atoms with van der Waals surface area (Å²) >= 11 is 0. The number of esters is 1. The molecule has 1 saturated carbocycles. The Morgan fingerprint density at radius 1 is 1.17 bits per heavy atom. The van der Waals surface area contributed by atoms with E-state index in [2.05, 4.69) is 5.16 Å². The van der Waals surface area contributed by atoms with Crippen LogP contribution in [-0.4, -0.2) is 30.1 Å². The van der Waals surface area contributed by atoms with Crippen LogP contribution in [0.5, 0.6) is 0 Å². The first-order chi connectivity index (χ1) is 14.1. The molecule has 2 aliphatic rings. The van der Waals surface area contributed by atoms with Crippen LogP contribution in [0.1, 0.15) is 68.4 Å². The number of ether oxygens (including phenoxy) is 3. The SMILES string of the molecule is CC(C)C(C(=O)OCc1ccccc1)c1cc(C2CCC3(CC2)OCCO3)no1. The second-order valence-corrected chi connectivity index (χ2v) is 8.35. The van der Waals surface area contributed by atoms with Crippen molar-refractivity contribution in [3.05, 3.63) is 53.4 Å². The normalized spacial score (nSPS) is 20.2. The van der Waals surface area contributed by atoms with E-state index in [1.807, 2.05) is 50.2 Å². The monoisotopic (exact) mass is 399 g/mol. The number of rotatable bonds is 6. The molecule has 1 atom stereocenters. The molecule has 4 rings (SSSR count). The van der Waals surface area contributed by atoms with Gasteiger partial charge in [0.25, 0.3) is 0 Å². The molecule has 0 amide bonds. The molecule has 2 fully saturated rings. The van der Waals surface area contributed by atoms with E-state index in [4.69, 9.17) is 18.7 Å². The zero-order chi connectivity index (χ0) is 20.3. The van der Waals surface area contributed by atoms with E-state index < -0.39 is 5.92 Å². The minimum Gasteiger partial charge on any atom is -0.460 e. The lowest BCUT2D eigenvalue weighted by Crippen LogP contribution is -2.34. The molecule has 0 N–H and O–H groups in total. The lowest BCUT2D eigenvalue weighted by molar-refractivity contribution is -0.179. The second-order valence-electron chi connectivity index (χ2n) is 8.35. The average molecular weight is 399 g/mol. The third-order valence-electron chi connectivity index (χ3n) is 5.98. The van der Waals surface area contributed by atoms with Crippen molar-refractivity contribution in [2.45, 2.75) is 63.8 Å². The molecule has 2 aromatic rings. The van der Waals surface area contributed by atoms with Gasteiger partial charge in [0.15, 0.2) is 11.5 Å². The second kappa shape index (κ2) is 8.67. The minimum absolute atomic E-state index is 0.0500. The van der Waals surface area contributed by atoms with Crippen LogP contribution in [0.25, 0.3) is 0 Å². The molecule has 6 heteroatoms. The lowest BCUT2D eigenvalue weighted by atomic mass is 9.82. The summed E-state index contributed by atoms with van der Waals surface area (Å²) in [6.07, 6.45) is 3.62. The molecule has 1 aromatic carbocycles. The Balaban J connectivity index is 1.39. The molecule has 156 valence electrons. The van der Waals surface area contributed by atoms with E-state index in [0.29, 0.717) is 24.9 Å². The van der Waals surface area contributed by atoms with Crippen molar-refractivity contribution in [1.29, 1.82) is 0 Å². The standard InChI is InChI=1S/C23H29NO5/c1-16(2)21(22(25)26-15-17-6-4-3-5-7-17)20-14-19(24-29-20)18-8-10-23(11-9-18)27-12-13-28-23/h3-7,14,16,18,21H,8-13,15H2,1-2H3. The Hall–Kier alpha value is -2.18. The number of nitrogens with zero attached hydrogens (tertiary/aromatic N) is 1. The quantitative estimate of drug-likeness (QED) is 0.663. The third kappa shape index (κ3) is 4.54. The highest BCUT2D eigenvalue weighted by Crippen LogP contribution is 2.42. The van der Waals surface area contributed by atoms with Gasteiger partial charge in [-0.05, 0) is 24.3 Å². The van der Waals surface area contributed by atoms with Crippen LogP contribution in [0.3, 0.4) is 0 Å². The van der Waals surface area contributed by atoms with Gasteiger partial charge in [-0.2, -0.15) is 0 Å². The Kier molecular flexibility index (Phi) is 6.01. The largest absolute Gasteiger partial charge is 0.460 e. The molecule has 1 saturated heterocycles. The van der Waals surface area contributed by atoms with E-state index in [-0.39, 0.29) is 24.3 Å². The van der Waals surface area contributed by atoms with Gasteiger partial charge < -0.3 is 18.7 Å². The van der Waals surface area contributed by atoms with Gasteiger partial charge >= 0.3 is 5.97 Å². The zero-order valence-electron chi connectivity index (χ0n) is 17.1. The van der Waals surface area contributed by atoms with Gasteiger partial charge in [0.1, 0.15) is 12.5 Å². The van der Waals surface area contributed by atoms with E-state index in [9.17, 15) is 4.79 Å². The predicted molar refractivity (Wildman–Crippen MR) is 106 cm³/mol. The fraction of sp³-hybridized carbons (Fsp3) is 0.565. The summed E-state index contributed by atoms with van der Waals surface area (Å²) in [5, 5.41) is 4.29. The van der Waals surface area contributed by atoms with Crippen molar-refractivity contribution in [3.8, 4) is 0 Å². The van der Waals surface area contributed by atoms with Crippen LogP contribution in [0.15, 0.2) is 40.9 Å². The maximum atomic E-state index is 12.8. The zero-order valence-corrected chi connectivity index (χ0v) is 17.1. The Morgan fingerprint density at radius 2 is 1.86 bits per heavy atom. The van der Waals surface area contributed by atoms with Gasteiger partial charge in [-0.15, -0.1) is 0 Å². The van der Waals surface area contributed by atoms with Gasteiger partial charge in [0.05, 0.1) is 18.9 Å². The summed E-state index contributed by atoms with van der Waals surface area (Å²) in [4.78, 5) is 12.8. The van der Waals surface area contributed by atoms with Crippen LogP contribution < -0.4 is 0 Å². The average Bonchev–Trinajstić information content (AvgIpc) is 3.38. The molecule has 1 unspecified atom stereocenters. The van der Waals surface area contributed by atoms with Crippen molar-refractivity contribution in [2.24, 2.45) is 5.92 Å². The van der Waals surface area contributed by atoms with Gasteiger partial charge in [-0.3, -0.25) is 4.79 Å². The number of hydrogen-bond donors (Lipinski definition) is 0. The summed E-state index contributed by atoms with van der Waals surface area (Å²) in [7, 11) is 0. The fourth-order valence-corrected chi connectivity index (χ4v) is 4.32. The number of aromatic nitrogens is 1. The van der Waals surface area contributed by atoms with Crippen molar-refractivity contribution in [3.63, 3.8) is 0 Å². The van der Waals surface area contributed by atoms with Crippen molar-refractivity contribution in [1.82, 2.24) is 5.16 Å². The molecule has 1 aliphatic carbocycles. The van der Waals surface area contributed by atoms with Gasteiger partial charge in [-0.25, -0.2) is 0 Å². The lowest BCUT2D eigenvalue weighted by Gasteiger charge is -2.34. The van der Waals surface area contributed by atoms with E-state index >= 15 is 0 Å². The first-order valence-corrected chi connectivity index (χ1v) is 10.5. The summed E-state index contributed by atoms with van der Waals surface area (Å²) in [6, 6.07) is 11.6. The minimum atomic E-state index is -0.462. The third-order valence-corrected chi connectivity index (χ3v) is 5.98. The van der Waals surface area contributed by atoms with Crippen molar-refractivity contribution < 1.29 is 23.5 Å². The van der Waals surface area contributed by atoms with Crippen molar-refractivity contribution >= 4 is 5.97 Å². The predicted octanol–water partition coefficient (Wildman–Crippen LogP) is 4.56. The topological polar surface area (TPSA) is 70.8 Å². The molecule has 0 bridgehead atoms. The Labute approximate surface area is 171 Å². The van der Waals surface area contributed by atoms with Crippen LogP contribution in [-0.2, 0) is 25.6 Å². The van der Waals surface area contributed by atoms with E-state index in [1.165, 1.54) is 0 Å². The molecule has 1 aliphatic heterocycles. The molecular formula is C23H29NO5. The molecular weight excluding hydrogens is 370 g/mol. The molecule has 6 nitrogen and oxygen atoms in total. The number of hydrogen-bond acceptors (Lipinski definition) is 6. The van der Waals surface area contributed by atoms with Gasteiger partial charge in [-0.1, -0.05) is 49.3 Å². The highest BCUT2D eigenvalue weighted by Gasteiger charge is 2.41. The first kappa shape index (κ1) is 20.1. The van der Waals surface area contributed by atoms with Crippen molar-refractivity contribution in [2.75, 3.05) is 13.2 Å². The van der Waals surface area contributed by atoms with Gasteiger partial charge in [0, 0.05) is 24.8 Å². The maximum Gasteiger partial charge on any atom is 0.317 e. The van der Waals surface area contributed by atoms with E-state index in [0.717, 1.165) is 36.9 Å². The van der Waals surface area contributed by atoms with E-state index in [1.54, 1.807) is 0 Å². The van der Waals surface area contributed by atoms with Crippen LogP contribution in [0, 0.1) is 5.92 Å². The smallest absolute Gasteiger partial charge is 0.317 e. The highest BCUT2D eigenvalue weighted by atomic mass is 16.7. The fourth-order valence-electron chi connectivity index (χ4n) is 4.32. The molecule has 2 heterocycles. The maximum absolute atomic E-state index is 12.8. The summed E-state index contributed by atoms with van der Waals surface area (Å²) < 4.78 is 22.8. The molecule has 29 heavy (non-hydrogen) atoms. The Morgan fingerprint density at radius 3 is 2.52 bits per heavy atom. The molecule has 1 spiro atoms. The van der Waals surface area contributed by atoms with Crippen LogP contribution in [0.4, 0.5) is 0 Å². The summed E-state index contributed by atoms with van der Waals surface area (Å²) in [6.45, 7) is 5.61. The van der Waals surface area contributed by atoms with Crippen LogP contribution >= 0.6 is 0 Å².